The molecular weight excluding hydrogens is 216 g/mol. The highest BCUT2D eigenvalue weighted by Gasteiger charge is 2.32. The fourth-order valence-corrected chi connectivity index (χ4v) is 2.51. The molecule has 4 nitrogen and oxygen atoms in total. The summed E-state index contributed by atoms with van der Waals surface area (Å²) in [4.78, 5) is 15.0. The molecule has 1 saturated carbocycles. The van der Waals surface area contributed by atoms with Crippen LogP contribution in [0.15, 0.2) is 24.5 Å². The number of hydrogen-bond donors (Lipinski definition) is 2. The van der Waals surface area contributed by atoms with Gasteiger partial charge in [-0.2, -0.15) is 0 Å². The van der Waals surface area contributed by atoms with Crippen molar-refractivity contribution in [1.82, 2.24) is 10.3 Å². The van der Waals surface area contributed by atoms with E-state index < -0.39 is 5.97 Å². The Kier molecular flexibility index (Phi) is 4.09. The van der Waals surface area contributed by atoms with Gasteiger partial charge in [0.15, 0.2) is 0 Å². The number of carboxylic acids is 1. The second kappa shape index (κ2) is 5.77. The molecule has 1 aliphatic rings. The number of carbonyl (C=O) groups is 1. The summed E-state index contributed by atoms with van der Waals surface area (Å²) in [6.07, 6.45) is 6.44. The molecule has 92 valence electrons. The van der Waals surface area contributed by atoms with Crippen LogP contribution >= 0.6 is 0 Å². The van der Waals surface area contributed by atoms with Crippen molar-refractivity contribution in [1.29, 1.82) is 0 Å². The van der Waals surface area contributed by atoms with Gasteiger partial charge in [0.1, 0.15) is 0 Å². The van der Waals surface area contributed by atoms with Crippen molar-refractivity contribution in [2.24, 2.45) is 11.8 Å². The molecule has 2 unspecified atom stereocenters. The molecule has 0 saturated heterocycles. The van der Waals surface area contributed by atoms with E-state index in [4.69, 9.17) is 5.11 Å². The van der Waals surface area contributed by atoms with Crippen LogP contribution in [0.3, 0.4) is 0 Å². The number of aliphatic carboxylic acids is 1. The normalized spacial score (nSPS) is 23.8. The summed E-state index contributed by atoms with van der Waals surface area (Å²) in [6, 6.07) is 3.94. The summed E-state index contributed by atoms with van der Waals surface area (Å²) in [7, 11) is 0. The van der Waals surface area contributed by atoms with Crippen LogP contribution in [-0.2, 0) is 11.3 Å². The summed E-state index contributed by atoms with van der Waals surface area (Å²) >= 11 is 0. The molecular formula is C13H18N2O2. The van der Waals surface area contributed by atoms with Crippen molar-refractivity contribution in [3.05, 3.63) is 30.1 Å². The van der Waals surface area contributed by atoms with E-state index in [9.17, 15) is 4.79 Å². The Balaban J connectivity index is 1.77. The Morgan fingerprint density at radius 1 is 1.41 bits per heavy atom. The molecule has 0 bridgehead atoms. The zero-order valence-corrected chi connectivity index (χ0v) is 9.80. The maximum Gasteiger partial charge on any atom is 0.306 e. The third-order valence-corrected chi connectivity index (χ3v) is 3.46. The lowest BCUT2D eigenvalue weighted by Crippen LogP contribution is -2.28. The predicted octanol–water partition coefficient (Wildman–Crippen LogP) is 1.67. The second-order valence-electron chi connectivity index (χ2n) is 4.62. The van der Waals surface area contributed by atoms with Crippen molar-refractivity contribution in [3.63, 3.8) is 0 Å². The van der Waals surface area contributed by atoms with E-state index in [0.29, 0.717) is 0 Å². The average molecular weight is 234 g/mol. The minimum Gasteiger partial charge on any atom is -0.481 e. The molecule has 1 aliphatic carbocycles. The number of aromatic nitrogens is 1. The smallest absolute Gasteiger partial charge is 0.306 e. The first-order valence-electron chi connectivity index (χ1n) is 6.10. The van der Waals surface area contributed by atoms with Crippen molar-refractivity contribution in [3.8, 4) is 0 Å². The standard InChI is InChI=1S/C13H18N2O2/c16-13(17)12-3-1-2-11(12)9-15-8-10-4-6-14-7-5-10/h4-7,11-12,15H,1-3,8-9H2,(H,16,17). The van der Waals surface area contributed by atoms with E-state index in [2.05, 4.69) is 10.3 Å². The van der Waals surface area contributed by atoms with E-state index in [1.807, 2.05) is 12.1 Å². The Morgan fingerprint density at radius 2 is 2.18 bits per heavy atom. The zero-order valence-electron chi connectivity index (χ0n) is 9.80. The number of carboxylic acid groups (broad SMARTS) is 1. The van der Waals surface area contributed by atoms with Gasteiger partial charge in [-0.05, 0) is 43.0 Å². The van der Waals surface area contributed by atoms with Crippen LogP contribution in [-0.4, -0.2) is 22.6 Å². The topological polar surface area (TPSA) is 62.2 Å². The van der Waals surface area contributed by atoms with Crippen LogP contribution < -0.4 is 5.32 Å². The lowest BCUT2D eigenvalue weighted by Gasteiger charge is -2.16. The highest BCUT2D eigenvalue weighted by molar-refractivity contribution is 5.70. The summed E-state index contributed by atoms with van der Waals surface area (Å²) in [5.74, 6) is -0.507. The van der Waals surface area contributed by atoms with E-state index in [1.165, 1.54) is 5.56 Å². The second-order valence-corrected chi connectivity index (χ2v) is 4.62. The van der Waals surface area contributed by atoms with Gasteiger partial charge in [0.2, 0.25) is 0 Å². The van der Waals surface area contributed by atoms with Gasteiger partial charge in [0.05, 0.1) is 5.92 Å². The van der Waals surface area contributed by atoms with Gasteiger partial charge < -0.3 is 10.4 Å². The summed E-state index contributed by atoms with van der Waals surface area (Å²) in [5.41, 5.74) is 1.19. The average Bonchev–Trinajstić information content (AvgIpc) is 2.79. The number of hydrogen-bond acceptors (Lipinski definition) is 3. The van der Waals surface area contributed by atoms with Crippen molar-refractivity contribution in [2.75, 3.05) is 6.54 Å². The largest absolute Gasteiger partial charge is 0.481 e. The van der Waals surface area contributed by atoms with Crippen LogP contribution in [0.4, 0.5) is 0 Å². The van der Waals surface area contributed by atoms with Gasteiger partial charge in [-0.25, -0.2) is 0 Å². The Bertz CT molecular complexity index is 367. The lowest BCUT2D eigenvalue weighted by atomic mass is 9.96. The van der Waals surface area contributed by atoms with Gasteiger partial charge in [-0.3, -0.25) is 9.78 Å². The summed E-state index contributed by atoms with van der Waals surface area (Å²) < 4.78 is 0. The van der Waals surface area contributed by atoms with Crippen molar-refractivity contribution < 1.29 is 9.90 Å². The molecule has 0 amide bonds. The Labute approximate surface area is 101 Å². The minimum atomic E-state index is -0.641. The molecule has 0 aliphatic heterocycles. The predicted molar refractivity (Wildman–Crippen MR) is 64.4 cm³/mol. The van der Waals surface area contributed by atoms with Crippen LogP contribution in [0, 0.1) is 11.8 Å². The van der Waals surface area contributed by atoms with E-state index >= 15 is 0 Å². The van der Waals surface area contributed by atoms with Crippen LogP contribution in [0.2, 0.25) is 0 Å². The zero-order chi connectivity index (χ0) is 12.1. The van der Waals surface area contributed by atoms with Crippen molar-refractivity contribution in [2.45, 2.75) is 25.8 Å². The van der Waals surface area contributed by atoms with Gasteiger partial charge in [0, 0.05) is 18.9 Å². The molecule has 0 spiro atoms. The molecule has 2 N–H and O–H groups in total. The van der Waals surface area contributed by atoms with Gasteiger partial charge in [0.25, 0.3) is 0 Å². The molecule has 0 aromatic carbocycles. The molecule has 1 fully saturated rings. The summed E-state index contributed by atoms with van der Waals surface area (Å²) in [5, 5.41) is 12.4. The minimum absolute atomic E-state index is 0.153. The Morgan fingerprint density at radius 3 is 2.88 bits per heavy atom. The van der Waals surface area contributed by atoms with Crippen LogP contribution in [0.1, 0.15) is 24.8 Å². The molecule has 2 rings (SSSR count). The Hall–Kier alpha value is -1.42. The molecule has 1 heterocycles. The van der Waals surface area contributed by atoms with Gasteiger partial charge in [-0.15, -0.1) is 0 Å². The first-order valence-corrected chi connectivity index (χ1v) is 6.10. The fraction of sp³-hybridized carbons (Fsp3) is 0.538. The van der Waals surface area contributed by atoms with Crippen molar-refractivity contribution >= 4 is 5.97 Å². The number of pyridine rings is 1. The maximum atomic E-state index is 11.0. The summed E-state index contributed by atoms with van der Waals surface area (Å²) in [6.45, 7) is 1.57. The van der Waals surface area contributed by atoms with E-state index in [-0.39, 0.29) is 11.8 Å². The van der Waals surface area contributed by atoms with Crippen LogP contribution in [0.25, 0.3) is 0 Å². The number of rotatable bonds is 5. The first kappa shape index (κ1) is 12.0. The molecule has 2 atom stereocenters. The van der Waals surface area contributed by atoms with Crippen LogP contribution in [0.5, 0.6) is 0 Å². The maximum absolute atomic E-state index is 11.0. The SMILES string of the molecule is O=C(O)C1CCCC1CNCc1ccncc1. The molecule has 1 aromatic rings. The van der Waals surface area contributed by atoms with E-state index in [0.717, 1.165) is 32.4 Å². The first-order chi connectivity index (χ1) is 8.27. The fourth-order valence-electron chi connectivity index (χ4n) is 2.51. The molecule has 17 heavy (non-hydrogen) atoms. The van der Waals surface area contributed by atoms with Gasteiger partial charge >= 0.3 is 5.97 Å². The molecule has 4 heteroatoms. The van der Waals surface area contributed by atoms with Gasteiger partial charge in [-0.1, -0.05) is 6.42 Å². The third kappa shape index (κ3) is 3.27. The lowest BCUT2D eigenvalue weighted by molar-refractivity contribution is -0.142. The number of nitrogens with one attached hydrogen (secondary N) is 1. The van der Waals surface area contributed by atoms with E-state index in [1.54, 1.807) is 12.4 Å². The third-order valence-electron chi connectivity index (χ3n) is 3.46. The molecule has 0 radical (unpaired) electrons. The highest BCUT2D eigenvalue weighted by atomic mass is 16.4. The quantitative estimate of drug-likeness (QED) is 0.813. The number of nitrogens with zero attached hydrogens (tertiary/aromatic N) is 1. The monoisotopic (exact) mass is 234 g/mol. The molecule has 1 aromatic heterocycles. The highest BCUT2D eigenvalue weighted by Crippen LogP contribution is 2.31.